The highest BCUT2D eigenvalue weighted by Gasteiger charge is 2.41. The number of ether oxygens (including phenoxy) is 1. The molecular formula is C13H22N6O. The van der Waals surface area contributed by atoms with Crippen LogP contribution in [0.2, 0.25) is 0 Å². The monoisotopic (exact) mass is 278 g/mol. The van der Waals surface area contributed by atoms with Gasteiger partial charge < -0.3 is 20.3 Å². The van der Waals surface area contributed by atoms with Crippen molar-refractivity contribution in [3.63, 3.8) is 0 Å². The summed E-state index contributed by atoms with van der Waals surface area (Å²) >= 11 is 0. The van der Waals surface area contributed by atoms with Gasteiger partial charge in [0.05, 0.1) is 18.2 Å². The summed E-state index contributed by atoms with van der Waals surface area (Å²) in [4.78, 5) is 15.1. The van der Waals surface area contributed by atoms with E-state index in [1.165, 1.54) is 6.42 Å². The number of aromatic nitrogens is 3. The van der Waals surface area contributed by atoms with Gasteiger partial charge in [0, 0.05) is 20.6 Å². The van der Waals surface area contributed by atoms with E-state index in [0.29, 0.717) is 36.1 Å². The van der Waals surface area contributed by atoms with Gasteiger partial charge in [0.1, 0.15) is 0 Å². The van der Waals surface area contributed by atoms with E-state index < -0.39 is 0 Å². The van der Waals surface area contributed by atoms with Crippen LogP contribution in [0.1, 0.15) is 26.2 Å². The Morgan fingerprint density at radius 1 is 1.20 bits per heavy atom. The van der Waals surface area contributed by atoms with Crippen molar-refractivity contribution in [2.75, 3.05) is 36.2 Å². The zero-order valence-electron chi connectivity index (χ0n) is 12.3. The van der Waals surface area contributed by atoms with Gasteiger partial charge in [-0.1, -0.05) is 0 Å². The first-order valence-corrected chi connectivity index (χ1v) is 7.25. The molecule has 7 heteroatoms. The molecule has 2 aliphatic heterocycles. The minimum atomic E-state index is 0.308. The van der Waals surface area contributed by atoms with Crippen molar-refractivity contribution in [2.45, 2.75) is 44.4 Å². The van der Waals surface area contributed by atoms with Gasteiger partial charge in [0.2, 0.25) is 17.8 Å². The van der Waals surface area contributed by atoms with Crippen LogP contribution >= 0.6 is 0 Å². The van der Waals surface area contributed by atoms with Crippen molar-refractivity contribution in [1.29, 1.82) is 0 Å². The molecule has 0 amide bonds. The Morgan fingerprint density at radius 2 is 2.00 bits per heavy atom. The van der Waals surface area contributed by atoms with E-state index in [2.05, 4.69) is 25.6 Å². The Balaban J connectivity index is 1.77. The summed E-state index contributed by atoms with van der Waals surface area (Å²) in [6, 6.07) is 0.320. The standard InChI is InChI=1S/C13H22N6O/c1-4-14-11-16-12(18-13(17-11)19(2)3)15-9-7-8-5-6-10(9)20-8/h8-10H,4-7H2,1-3H3,(H2,14,15,16,17,18). The molecule has 2 bridgehead atoms. The third-order valence-electron chi connectivity index (χ3n) is 3.78. The molecule has 3 heterocycles. The number of nitrogens with one attached hydrogen (secondary N) is 2. The minimum absolute atomic E-state index is 0.308. The zero-order valence-corrected chi connectivity index (χ0v) is 12.3. The molecule has 1 aromatic rings. The van der Waals surface area contributed by atoms with Crippen LogP contribution < -0.4 is 15.5 Å². The van der Waals surface area contributed by atoms with Crippen molar-refractivity contribution in [2.24, 2.45) is 0 Å². The molecule has 2 N–H and O–H groups in total. The molecule has 110 valence electrons. The molecule has 20 heavy (non-hydrogen) atoms. The quantitative estimate of drug-likeness (QED) is 0.835. The van der Waals surface area contributed by atoms with Crippen LogP contribution in [0.15, 0.2) is 0 Å². The Bertz CT molecular complexity index is 480. The second kappa shape index (κ2) is 5.40. The van der Waals surface area contributed by atoms with E-state index in [1.807, 2.05) is 25.9 Å². The number of nitrogens with zero attached hydrogens (tertiary/aromatic N) is 4. The molecule has 1 aromatic heterocycles. The van der Waals surface area contributed by atoms with Gasteiger partial charge in [-0.25, -0.2) is 0 Å². The summed E-state index contributed by atoms with van der Waals surface area (Å²) in [5, 5.41) is 6.55. The van der Waals surface area contributed by atoms with Gasteiger partial charge >= 0.3 is 0 Å². The van der Waals surface area contributed by atoms with Crippen LogP contribution in [0.4, 0.5) is 17.8 Å². The summed E-state index contributed by atoms with van der Waals surface area (Å²) in [6.45, 7) is 2.81. The van der Waals surface area contributed by atoms with Crippen LogP contribution in [-0.4, -0.2) is 53.8 Å². The maximum Gasteiger partial charge on any atom is 0.231 e. The third-order valence-corrected chi connectivity index (χ3v) is 3.78. The minimum Gasteiger partial charge on any atom is -0.373 e. The topological polar surface area (TPSA) is 75.2 Å². The lowest BCUT2D eigenvalue weighted by Gasteiger charge is -2.21. The number of fused-ring (bicyclic) bond motifs is 2. The highest BCUT2D eigenvalue weighted by Crippen LogP contribution is 2.35. The number of hydrogen-bond acceptors (Lipinski definition) is 7. The maximum atomic E-state index is 5.85. The van der Waals surface area contributed by atoms with Crippen molar-refractivity contribution in [3.05, 3.63) is 0 Å². The molecule has 2 aliphatic rings. The van der Waals surface area contributed by atoms with E-state index in [1.54, 1.807) is 0 Å². The van der Waals surface area contributed by atoms with Gasteiger partial charge in [-0.05, 0) is 26.2 Å². The third kappa shape index (κ3) is 2.63. The molecule has 3 unspecified atom stereocenters. The summed E-state index contributed by atoms with van der Waals surface area (Å²) in [5.74, 6) is 1.89. The van der Waals surface area contributed by atoms with Crippen molar-refractivity contribution < 1.29 is 4.74 Å². The molecule has 3 atom stereocenters. The van der Waals surface area contributed by atoms with E-state index in [0.717, 1.165) is 19.4 Å². The van der Waals surface area contributed by atoms with Crippen LogP contribution in [0.3, 0.4) is 0 Å². The first kappa shape index (κ1) is 13.4. The van der Waals surface area contributed by atoms with Gasteiger partial charge in [-0.3, -0.25) is 0 Å². The molecule has 2 fully saturated rings. The molecular weight excluding hydrogens is 256 g/mol. The second-order valence-electron chi connectivity index (χ2n) is 5.57. The molecule has 2 saturated heterocycles. The number of rotatable bonds is 5. The predicted octanol–water partition coefficient (Wildman–Crippen LogP) is 1.10. The maximum absolute atomic E-state index is 5.85. The van der Waals surface area contributed by atoms with E-state index in [4.69, 9.17) is 4.74 Å². The van der Waals surface area contributed by atoms with Crippen LogP contribution in [0, 0.1) is 0 Å². The average molecular weight is 278 g/mol. The summed E-state index contributed by atoms with van der Waals surface area (Å²) < 4.78 is 5.85. The predicted molar refractivity (Wildman–Crippen MR) is 78.2 cm³/mol. The zero-order chi connectivity index (χ0) is 14.1. The van der Waals surface area contributed by atoms with E-state index >= 15 is 0 Å². The Hall–Kier alpha value is -1.63. The fraction of sp³-hybridized carbons (Fsp3) is 0.769. The Kier molecular flexibility index (Phi) is 3.60. The smallest absolute Gasteiger partial charge is 0.231 e. The number of hydrogen-bond donors (Lipinski definition) is 2. The Morgan fingerprint density at radius 3 is 2.60 bits per heavy atom. The van der Waals surface area contributed by atoms with Gasteiger partial charge in [0.15, 0.2) is 0 Å². The summed E-state index contributed by atoms with van der Waals surface area (Å²) in [6.07, 6.45) is 4.09. The van der Waals surface area contributed by atoms with Gasteiger partial charge in [-0.2, -0.15) is 15.0 Å². The van der Waals surface area contributed by atoms with E-state index in [-0.39, 0.29) is 0 Å². The lowest BCUT2D eigenvalue weighted by molar-refractivity contribution is 0.102. The van der Waals surface area contributed by atoms with Crippen molar-refractivity contribution in [3.8, 4) is 0 Å². The van der Waals surface area contributed by atoms with Crippen molar-refractivity contribution in [1.82, 2.24) is 15.0 Å². The molecule has 0 radical (unpaired) electrons. The lowest BCUT2D eigenvalue weighted by atomic mass is 9.96. The van der Waals surface area contributed by atoms with E-state index in [9.17, 15) is 0 Å². The van der Waals surface area contributed by atoms with Crippen LogP contribution in [-0.2, 0) is 4.74 Å². The normalized spacial score (nSPS) is 27.6. The fourth-order valence-corrected chi connectivity index (χ4v) is 2.82. The Labute approximate surface area is 119 Å². The SMILES string of the molecule is CCNc1nc(NC2CC3CCC2O3)nc(N(C)C)n1. The van der Waals surface area contributed by atoms with Crippen LogP contribution in [0.25, 0.3) is 0 Å². The highest BCUT2D eigenvalue weighted by atomic mass is 16.5. The molecule has 0 saturated carbocycles. The van der Waals surface area contributed by atoms with Crippen LogP contribution in [0.5, 0.6) is 0 Å². The largest absolute Gasteiger partial charge is 0.373 e. The lowest BCUT2D eigenvalue weighted by Crippen LogP contribution is -2.31. The van der Waals surface area contributed by atoms with Gasteiger partial charge in [-0.15, -0.1) is 0 Å². The molecule has 3 rings (SSSR count). The molecule has 0 spiro atoms. The first-order valence-electron chi connectivity index (χ1n) is 7.25. The molecule has 7 nitrogen and oxygen atoms in total. The molecule has 0 aliphatic carbocycles. The second-order valence-corrected chi connectivity index (χ2v) is 5.57. The summed E-state index contributed by atoms with van der Waals surface area (Å²) in [5.41, 5.74) is 0. The highest BCUT2D eigenvalue weighted by molar-refractivity contribution is 5.43. The first-order chi connectivity index (χ1) is 9.65. The number of anilines is 3. The van der Waals surface area contributed by atoms with Crippen molar-refractivity contribution >= 4 is 17.8 Å². The fourth-order valence-electron chi connectivity index (χ4n) is 2.82. The summed E-state index contributed by atoms with van der Waals surface area (Å²) in [7, 11) is 3.85. The average Bonchev–Trinajstić information content (AvgIpc) is 3.01. The molecule has 0 aromatic carbocycles. The van der Waals surface area contributed by atoms with Gasteiger partial charge in [0.25, 0.3) is 0 Å².